The Bertz CT molecular complexity index is 665. The Kier molecular flexibility index (Phi) is 8.88. The fourth-order valence-electron chi connectivity index (χ4n) is 2.42. The minimum Gasteiger partial charge on any atom is -0.467 e. The highest BCUT2D eigenvalue weighted by Gasteiger charge is 2.24. The van der Waals surface area contributed by atoms with Gasteiger partial charge in [-0.3, -0.25) is 4.79 Å². The number of hydrogen-bond acceptors (Lipinski definition) is 4. The first-order valence-electron chi connectivity index (χ1n) is 7.81. The van der Waals surface area contributed by atoms with Crippen molar-refractivity contribution in [3.05, 3.63) is 71.8 Å². The lowest BCUT2D eigenvalue weighted by atomic mass is 10.0. The lowest BCUT2D eigenvalue weighted by Gasteiger charge is -2.19. The van der Waals surface area contributed by atoms with Gasteiger partial charge < -0.3 is 15.8 Å². The predicted molar refractivity (Wildman–Crippen MR) is 103 cm³/mol. The van der Waals surface area contributed by atoms with E-state index < -0.39 is 18.1 Å². The summed E-state index contributed by atoms with van der Waals surface area (Å²) in [5.41, 5.74) is 7.87. The molecule has 2 rings (SSSR count). The Morgan fingerprint density at radius 3 is 1.92 bits per heavy atom. The van der Waals surface area contributed by atoms with Crippen LogP contribution in [0.5, 0.6) is 0 Å². The van der Waals surface area contributed by atoms with Gasteiger partial charge in [0.2, 0.25) is 5.91 Å². The fraction of sp³-hybridized carbons (Fsp3) is 0.263. The highest BCUT2D eigenvalue weighted by Crippen LogP contribution is 2.06. The number of carbonyl (C=O) groups is 2. The summed E-state index contributed by atoms with van der Waals surface area (Å²) in [6, 6.07) is 17.5. The minimum absolute atomic E-state index is 0. The molecule has 3 N–H and O–H groups in total. The Morgan fingerprint density at radius 2 is 1.44 bits per heavy atom. The monoisotopic (exact) mass is 406 g/mol. The van der Waals surface area contributed by atoms with Crippen LogP contribution in [-0.2, 0) is 27.2 Å². The van der Waals surface area contributed by atoms with Crippen molar-refractivity contribution in [2.45, 2.75) is 24.9 Å². The molecule has 0 spiro atoms. The Morgan fingerprint density at radius 1 is 0.960 bits per heavy atom. The summed E-state index contributed by atoms with van der Waals surface area (Å²) in [5, 5.41) is 2.70. The molecule has 2 aromatic rings. The lowest BCUT2D eigenvalue weighted by molar-refractivity contribution is -0.145. The van der Waals surface area contributed by atoms with Gasteiger partial charge in [-0.2, -0.15) is 0 Å². The molecule has 0 saturated carbocycles. The van der Waals surface area contributed by atoms with Crippen molar-refractivity contribution in [2.24, 2.45) is 5.73 Å². The molecule has 0 saturated heterocycles. The number of methoxy groups -OCH3 is 1. The van der Waals surface area contributed by atoms with Gasteiger partial charge in [0.1, 0.15) is 6.04 Å². The number of nitrogens with two attached hydrogens (primary N) is 1. The topological polar surface area (TPSA) is 81.4 Å². The van der Waals surface area contributed by atoms with Crippen LogP contribution in [0.2, 0.25) is 0 Å². The lowest BCUT2D eigenvalue weighted by Crippen LogP contribution is -2.50. The molecule has 0 aromatic heterocycles. The number of nitrogens with one attached hydrogen (secondary N) is 1. The molecule has 0 fully saturated rings. The second-order valence-electron chi connectivity index (χ2n) is 5.57. The summed E-state index contributed by atoms with van der Waals surface area (Å²) in [6.07, 6.45) is 0.767. The van der Waals surface area contributed by atoms with Gasteiger partial charge >= 0.3 is 5.97 Å². The molecule has 0 aliphatic carbocycles. The van der Waals surface area contributed by atoms with E-state index >= 15 is 0 Å². The molecule has 0 aliphatic heterocycles. The van der Waals surface area contributed by atoms with Crippen LogP contribution in [0, 0.1) is 0 Å². The third kappa shape index (κ3) is 6.68. The van der Waals surface area contributed by atoms with Gasteiger partial charge in [-0.15, -0.1) is 17.0 Å². The van der Waals surface area contributed by atoms with Gasteiger partial charge in [-0.05, 0) is 17.5 Å². The highest BCUT2D eigenvalue weighted by molar-refractivity contribution is 8.93. The summed E-state index contributed by atoms with van der Waals surface area (Å²) in [4.78, 5) is 24.3. The molecule has 1 amide bonds. The van der Waals surface area contributed by atoms with Crippen molar-refractivity contribution in [1.29, 1.82) is 0 Å². The Labute approximate surface area is 158 Å². The molecule has 2 atom stereocenters. The second-order valence-corrected chi connectivity index (χ2v) is 5.57. The van der Waals surface area contributed by atoms with Gasteiger partial charge in [0, 0.05) is 6.42 Å². The smallest absolute Gasteiger partial charge is 0.328 e. The van der Waals surface area contributed by atoms with Crippen molar-refractivity contribution >= 4 is 28.9 Å². The maximum Gasteiger partial charge on any atom is 0.328 e. The first kappa shape index (κ1) is 20.9. The summed E-state index contributed by atoms with van der Waals surface area (Å²) >= 11 is 0. The number of benzene rings is 2. The van der Waals surface area contributed by atoms with Crippen LogP contribution in [0.15, 0.2) is 60.7 Å². The van der Waals surface area contributed by atoms with Crippen molar-refractivity contribution < 1.29 is 14.3 Å². The van der Waals surface area contributed by atoms with E-state index in [2.05, 4.69) is 5.32 Å². The van der Waals surface area contributed by atoms with E-state index in [0.29, 0.717) is 12.8 Å². The molecule has 6 heteroatoms. The highest BCUT2D eigenvalue weighted by atomic mass is 79.9. The maximum absolute atomic E-state index is 12.3. The number of rotatable bonds is 7. The SMILES string of the molecule is Br.COC(=O)[C@H](Cc1ccccc1)NC(=O)[C@@H](N)Cc1ccccc1. The first-order valence-corrected chi connectivity index (χ1v) is 7.81. The Balaban J connectivity index is 0.00000312. The first-order chi connectivity index (χ1) is 11.6. The number of hydrogen-bond donors (Lipinski definition) is 2. The van der Waals surface area contributed by atoms with Gasteiger partial charge in [-0.25, -0.2) is 4.79 Å². The van der Waals surface area contributed by atoms with E-state index in [1.54, 1.807) is 0 Å². The van der Waals surface area contributed by atoms with Crippen molar-refractivity contribution in [1.82, 2.24) is 5.32 Å². The third-order valence-electron chi connectivity index (χ3n) is 3.72. The molecule has 134 valence electrons. The van der Waals surface area contributed by atoms with E-state index in [4.69, 9.17) is 10.5 Å². The fourth-order valence-corrected chi connectivity index (χ4v) is 2.42. The second kappa shape index (κ2) is 10.6. The zero-order valence-electron chi connectivity index (χ0n) is 14.1. The summed E-state index contributed by atoms with van der Waals surface area (Å²) in [6.45, 7) is 0. The van der Waals surface area contributed by atoms with Crippen molar-refractivity contribution in [3.63, 3.8) is 0 Å². The zero-order chi connectivity index (χ0) is 17.4. The number of esters is 1. The molecule has 0 unspecified atom stereocenters. The molecule has 25 heavy (non-hydrogen) atoms. The van der Waals surface area contributed by atoms with E-state index in [9.17, 15) is 9.59 Å². The van der Waals surface area contributed by atoms with E-state index in [0.717, 1.165) is 11.1 Å². The third-order valence-corrected chi connectivity index (χ3v) is 3.72. The number of amides is 1. The summed E-state index contributed by atoms with van der Waals surface area (Å²) in [7, 11) is 1.30. The molecule has 0 bridgehead atoms. The van der Waals surface area contributed by atoms with Crippen LogP contribution in [0.3, 0.4) is 0 Å². The molecule has 0 radical (unpaired) electrons. The molecule has 5 nitrogen and oxygen atoms in total. The molecular formula is C19H23BrN2O3. The zero-order valence-corrected chi connectivity index (χ0v) is 15.8. The van der Waals surface area contributed by atoms with Crippen LogP contribution >= 0.6 is 17.0 Å². The number of carbonyl (C=O) groups excluding carboxylic acids is 2. The van der Waals surface area contributed by atoms with Gasteiger partial charge in [0.25, 0.3) is 0 Å². The van der Waals surface area contributed by atoms with E-state index in [1.807, 2.05) is 60.7 Å². The maximum atomic E-state index is 12.3. The molecule has 0 aliphatic rings. The van der Waals surface area contributed by atoms with E-state index in [-0.39, 0.29) is 22.9 Å². The van der Waals surface area contributed by atoms with Crippen molar-refractivity contribution in [3.8, 4) is 0 Å². The standard InChI is InChI=1S/C19H22N2O3.BrH/c1-24-19(23)17(13-15-10-6-3-7-11-15)21-18(22)16(20)12-14-8-4-2-5-9-14;/h2-11,16-17H,12-13,20H2,1H3,(H,21,22);1H/t16-,17-;/m0./s1. The van der Waals surface area contributed by atoms with Gasteiger partial charge in [-0.1, -0.05) is 60.7 Å². The largest absolute Gasteiger partial charge is 0.467 e. The predicted octanol–water partition coefficient (Wildman–Crippen LogP) is 2.03. The van der Waals surface area contributed by atoms with E-state index in [1.165, 1.54) is 7.11 Å². The van der Waals surface area contributed by atoms with Crippen LogP contribution in [-0.4, -0.2) is 31.1 Å². The molecule has 2 aromatic carbocycles. The summed E-state index contributed by atoms with van der Waals surface area (Å²) < 4.78 is 4.79. The van der Waals surface area contributed by atoms with Crippen LogP contribution in [0.1, 0.15) is 11.1 Å². The van der Waals surface area contributed by atoms with Gasteiger partial charge in [0.05, 0.1) is 13.2 Å². The quantitative estimate of drug-likeness (QED) is 0.689. The molecule has 0 heterocycles. The molecular weight excluding hydrogens is 384 g/mol. The minimum atomic E-state index is -0.758. The summed E-state index contributed by atoms with van der Waals surface area (Å²) in [5.74, 6) is -0.857. The average Bonchev–Trinajstić information content (AvgIpc) is 2.62. The normalized spacial score (nSPS) is 12.4. The van der Waals surface area contributed by atoms with Gasteiger partial charge in [0.15, 0.2) is 0 Å². The number of ether oxygens (including phenoxy) is 1. The average molecular weight is 407 g/mol. The van der Waals surface area contributed by atoms with Crippen molar-refractivity contribution in [2.75, 3.05) is 7.11 Å². The van der Waals surface area contributed by atoms with Crippen LogP contribution in [0.4, 0.5) is 0 Å². The number of halogens is 1. The Hall–Kier alpha value is -2.18. The van der Waals surface area contributed by atoms with Crippen LogP contribution < -0.4 is 11.1 Å². The van der Waals surface area contributed by atoms with Crippen LogP contribution in [0.25, 0.3) is 0 Å².